The first kappa shape index (κ1) is 20.8. The number of amides is 1. The van der Waals surface area contributed by atoms with Gasteiger partial charge in [0.25, 0.3) is 0 Å². The maximum absolute atomic E-state index is 12.9. The number of nitrogens with zero attached hydrogens (tertiary/aromatic N) is 4. The average molecular weight is 438 g/mol. The molecule has 31 heavy (non-hydrogen) atoms. The third-order valence-electron chi connectivity index (χ3n) is 4.81. The molecule has 1 amide bonds. The maximum atomic E-state index is 12.9. The summed E-state index contributed by atoms with van der Waals surface area (Å²) in [5, 5.41) is 13.1. The highest BCUT2D eigenvalue weighted by molar-refractivity contribution is 7.09. The van der Waals surface area contributed by atoms with Gasteiger partial charge in [0.15, 0.2) is 0 Å². The van der Waals surface area contributed by atoms with Crippen LogP contribution in [0.25, 0.3) is 11.3 Å². The van der Waals surface area contributed by atoms with Crippen LogP contribution in [-0.4, -0.2) is 31.7 Å². The van der Waals surface area contributed by atoms with Gasteiger partial charge in [-0.25, -0.2) is 0 Å². The number of carbonyl (C=O) groups excluding carboxylic acids is 1. The molecule has 0 aliphatic carbocycles. The lowest BCUT2D eigenvalue weighted by molar-refractivity contribution is -0.121. The zero-order valence-electron chi connectivity index (χ0n) is 17.2. The number of hydrogen-bond acceptors (Lipinski definition) is 6. The lowest BCUT2D eigenvalue weighted by atomic mass is 10.2. The monoisotopic (exact) mass is 437 g/mol. The number of fused-ring (bicyclic) bond motifs is 1. The van der Waals surface area contributed by atoms with E-state index in [9.17, 15) is 9.59 Å². The molecule has 0 saturated carbocycles. The highest BCUT2D eigenvalue weighted by atomic mass is 32.1. The molecule has 0 radical (unpaired) electrons. The number of benzene rings is 1. The van der Waals surface area contributed by atoms with Crippen molar-refractivity contribution < 1.29 is 9.53 Å². The van der Waals surface area contributed by atoms with E-state index < -0.39 is 0 Å². The van der Waals surface area contributed by atoms with Gasteiger partial charge in [-0.3, -0.25) is 18.6 Å². The zero-order valence-corrected chi connectivity index (χ0v) is 18.0. The zero-order chi connectivity index (χ0) is 21.6. The molecule has 9 heteroatoms. The Hall–Kier alpha value is -3.46. The first-order chi connectivity index (χ1) is 15.2. The molecule has 0 aliphatic rings. The van der Waals surface area contributed by atoms with E-state index in [1.165, 1.54) is 4.57 Å². The highest BCUT2D eigenvalue weighted by Crippen LogP contribution is 2.15. The molecule has 0 unspecified atom stereocenters. The van der Waals surface area contributed by atoms with Gasteiger partial charge in [-0.2, -0.15) is 0 Å². The second kappa shape index (κ2) is 9.57. The average Bonchev–Trinajstić information content (AvgIpc) is 3.44. The molecule has 3 aromatic heterocycles. The predicted molar refractivity (Wildman–Crippen MR) is 119 cm³/mol. The van der Waals surface area contributed by atoms with E-state index in [0.29, 0.717) is 38.2 Å². The third-order valence-corrected chi connectivity index (χ3v) is 5.69. The van der Waals surface area contributed by atoms with Crippen LogP contribution in [0.4, 0.5) is 0 Å². The molecule has 3 heterocycles. The Labute approximate surface area is 183 Å². The van der Waals surface area contributed by atoms with E-state index in [1.54, 1.807) is 28.1 Å². The molecule has 0 fully saturated rings. The fraction of sp³-hybridized carbons (Fsp3) is 0.273. The van der Waals surface area contributed by atoms with Gasteiger partial charge >= 0.3 is 5.56 Å². The Balaban J connectivity index is 1.40. The molecule has 0 atom stereocenters. The van der Waals surface area contributed by atoms with Crippen molar-refractivity contribution in [2.75, 3.05) is 6.61 Å². The Morgan fingerprint density at radius 3 is 2.74 bits per heavy atom. The highest BCUT2D eigenvalue weighted by Gasteiger charge is 2.12. The summed E-state index contributed by atoms with van der Waals surface area (Å²) in [7, 11) is 0. The summed E-state index contributed by atoms with van der Waals surface area (Å²) in [6.45, 7) is 3.06. The Bertz CT molecular complexity index is 1210. The van der Waals surface area contributed by atoms with Crippen molar-refractivity contribution in [1.82, 2.24) is 24.5 Å². The SMILES string of the molecule is CCOc1ccc(-n2ccn3c(CCCC(=O)NCc4cccs4)nnc3c2=O)cc1. The van der Waals surface area contributed by atoms with Crippen LogP contribution in [0, 0.1) is 0 Å². The van der Waals surface area contributed by atoms with E-state index in [1.807, 2.05) is 48.7 Å². The van der Waals surface area contributed by atoms with Gasteiger partial charge in [0, 0.05) is 35.8 Å². The molecule has 1 aromatic carbocycles. The summed E-state index contributed by atoms with van der Waals surface area (Å²) in [4.78, 5) is 26.0. The first-order valence-electron chi connectivity index (χ1n) is 10.1. The van der Waals surface area contributed by atoms with E-state index in [0.717, 1.165) is 16.3 Å². The standard InChI is InChI=1S/C22H23N5O3S/c1-2-30-17-10-8-16(9-11-17)26-12-13-27-19(24-25-21(27)22(26)29)6-3-7-20(28)23-15-18-5-4-14-31-18/h4-5,8-14H,2-3,6-7,15H2,1H3,(H,23,28). The van der Waals surface area contributed by atoms with Gasteiger partial charge in [-0.1, -0.05) is 6.07 Å². The minimum Gasteiger partial charge on any atom is -0.494 e. The van der Waals surface area contributed by atoms with E-state index in [-0.39, 0.29) is 17.1 Å². The molecule has 0 bridgehead atoms. The van der Waals surface area contributed by atoms with Crippen molar-refractivity contribution in [2.24, 2.45) is 0 Å². The van der Waals surface area contributed by atoms with Crippen LogP contribution in [0.5, 0.6) is 5.75 Å². The molecular formula is C22H23N5O3S. The van der Waals surface area contributed by atoms with Crippen LogP contribution in [0.3, 0.4) is 0 Å². The lowest BCUT2D eigenvalue weighted by Crippen LogP contribution is -2.22. The second-order valence-electron chi connectivity index (χ2n) is 6.92. The summed E-state index contributed by atoms with van der Waals surface area (Å²) in [5.41, 5.74) is 0.732. The summed E-state index contributed by atoms with van der Waals surface area (Å²) in [6.07, 6.45) is 5.05. The number of nitrogens with one attached hydrogen (secondary N) is 1. The number of aromatic nitrogens is 4. The second-order valence-corrected chi connectivity index (χ2v) is 7.95. The van der Waals surface area contributed by atoms with Gasteiger partial charge in [-0.05, 0) is 49.1 Å². The fourth-order valence-corrected chi connectivity index (χ4v) is 3.92. The maximum Gasteiger partial charge on any atom is 0.300 e. The normalized spacial score (nSPS) is 11.0. The smallest absolute Gasteiger partial charge is 0.300 e. The van der Waals surface area contributed by atoms with E-state index >= 15 is 0 Å². The summed E-state index contributed by atoms with van der Waals surface area (Å²) in [6, 6.07) is 11.3. The van der Waals surface area contributed by atoms with Gasteiger partial charge in [0.1, 0.15) is 11.6 Å². The van der Waals surface area contributed by atoms with Crippen LogP contribution in [0.2, 0.25) is 0 Å². The summed E-state index contributed by atoms with van der Waals surface area (Å²) < 4.78 is 8.67. The third kappa shape index (κ3) is 4.83. The van der Waals surface area contributed by atoms with Gasteiger partial charge in [-0.15, -0.1) is 21.5 Å². The van der Waals surface area contributed by atoms with Gasteiger partial charge in [0.05, 0.1) is 13.2 Å². The molecule has 4 rings (SSSR count). The van der Waals surface area contributed by atoms with Crippen molar-refractivity contribution in [1.29, 1.82) is 0 Å². The number of ether oxygens (including phenoxy) is 1. The van der Waals surface area contributed by atoms with Crippen LogP contribution >= 0.6 is 11.3 Å². The number of rotatable bonds is 9. The van der Waals surface area contributed by atoms with Crippen LogP contribution < -0.4 is 15.6 Å². The Kier molecular flexibility index (Phi) is 6.42. The Morgan fingerprint density at radius 1 is 1.16 bits per heavy atom. The van der Waals surface area contributed by atoms with Crippen LogP contribution in [0.15, 0.2) is 59.0 Å². The lowest BCUT2D eigenvalue weighted by Gasteiger charge is -2.08. The number of aryl methyl sites for hydroxylation is 1. The van der Waals surface area contributed by atoms with Crippen molar-refractivity contribution in [2.45, 2.75) is 32.7 Å². The number of carbonyl (C=O) groups is 1. The summed E-state index contributed by atoms with van der Waals surface area (Å²) >= 11 is 1.62. The van der Waals surface area contributed by atoms with Gasteiger partial charge in [0.2, 0.25) is 11.6 Å². The van der Waals surface area contributed by atoms with E-state index in [4.69, 9.17) is 4.74 Å². The molecular weight excluding hydrogens is 414 g/mol. The minimum absolute atomic E-state index is 0.0000704. The molecule has 1 N–H and O–H groups in total. The number of thiophene rings is 1. The molecule has 0 saturated heterocycles. The fourth-order valence-electron chi connectivity index (χ4n) is 3.27. The molecule has 0 aliphatic heterocycles. The molecule has 4 aromatic rings. The predicted octanol–water partition coefficient (Wildman–Crippen LogP) is 2.98. The molecule has 8 nitrogen and oxygen atoms in total. The van der Waals surface area contributed by atoms with Crippen molar-refractivity contribution >= 4 is 22.9 Å². The van der Waals surface area contributed by atoms with E-state index in [2.05, 4.69) is 15.5 Å². The number of hydrogen-bond donors (Lipinski definition) is 1. The first-order valence-corrected chi connectivity index (χ1v) is 11.0. The quantitative estimate of drug-likeness (QED) is 0.435. The van der Waals surface area contributed by atoms with Crippen LogP contribution in [-0.2, 0) is 17.8 Å². The van der Waals surface area contributed by atoms with Crippen molar-refractivity contribution in [3.05, 3.63) is 75.2 Å². The van der Waals surface area contributed by atoms with Crippen molar-refractivity contribution in [3.63, 3.8) is 0 Å². The van der Waals surface area contributed by atoms with Crippen molar-refractivity contribution in [3.8, 4) is 11.4 Å². The molecule has 160 valence electrons. The van der Waals surface area contributed by atoms with Crippen LogP contribution in [0.1, 0.15) is 30.5 Å². The van der Waals surface area contributed by atoms with Gasteiger partial charge < -0.3 is 10.1 Å². The molecule has 0 spiro atoms. The minimum atomic E-state index is -0.251. The Morgan fingerprint density at radius 2 is 2.00 bits per heavy atom. The summed E-state index contributed by atoms with van der Waals surface area (Å²) in [5.74, 6) is 1.42. The topological polar surface area (TPSA) is 90.5 Å². The largest absolute Gasteiger partial charge is 0.494 e.